The predicted octanol–water partition coefficient (Wildman–Crippen LogP) is 7.17. The number of hydrogen-bond acceptors (Lipinski definition) is 3. The van der Waals surface area contributed by atoms with Gasteiger partial charge in [-0.25, -0.2) is 4.79 Å². The van der Waals surface area contributed by atoms with Crippen molar-refractivity contribution in [1.82, 2.24) is 4.90 Å². The molecule has 6 rings (SSSR count). The van der Waals surface area contributed by atoms with Crippen LogP contribution in [0.3, 0.4) is 0 Å². The van der Waals surface area contributed by atoms with E-state index in [1.54, 1.807) is 12.1 Å². The number of hydrogen-bond donors (Lipinski definition) is 0. The molecule has 0 radical (unpaired) electrons. The number of nitrogens with zero attached hydrogens (tertiary/aromatic N) is 1. The number of ether oxygens (including phenoxy) is 1. The number of carbonyl (C=O) groups excluding carboxylic acids is 2. The number of fused-ring (bicyclic) bond motifs is 2. The molecule has 2 bridgehead atoms. The van der Waals surface area contributed by atoms with E-state index in [0.29, 0.717) is 47.7 Å². The van der Waals surface area contributed by atoms with Gasteiger partial charge in [-0.2, -0.15) is 0 Å². The van der Waals surface area contributed by atoms with Gasteiger partial charge >= 0.3 is 5.97 Å². The zero-order chi connectivity index (χ0) is 26.9. The minimum atomic E-state index is -0.332. The Balaban J connectivity index is 1.33. The Morgan fingerprint density at radius 3 is 2.08 bits per heavy atom. The molecule has 0 unspecified atom stereocenters. The fraction of sp³-hybridized carbons (Fsp3) is 0.412. The van der Waals surface area contributed by atoms with Crippen molar-refractivity contribution in [2.75, 3.05) is 7.11 Å². The van der Waals surface area contributed by atoms with Crippen molar-refractivity contribution >= 4 is 11.9 Å². The number of aryl methyl sites for hydroxylation is 1. The van der Waals surface area contributed by atoms with E-state index in [1.165, 1.54) is 19.1 Å². The molecule has 3 aromatic rings. The Morgan fingerprint density at radius 1 is 0.868 bits per heavy atom. The molecule has 3 fully saturated rings. The zero-order valence-electron chi connectivity index (χ0n) is 23.0. The summed E-state index contributed by atoms with van der Waals surface area (Å²) in [5.74, 6) is 1.82. The van der Waals surface area contributed by atoms with Crippen molar-refractivity contribution in [2.24, 2.45) is 23.2 Å². The van der Waals surface area contributed by atoms with Crippen LogP contribution in [0.4, 0.5) is 0 Å². The monoisotopic (exact) mass is 509 g/mol. The molecule has 198 valence electrons. The molecule has 38 heavy (non-hydrogen) atoms. The van der Waals surface area contributed by atoms with Gasteiger partial charge in [0.15, 0.2) is 0 Å². The first-order chi connectivity index (χ1) is 18.3. The quantitative estimate of drug-likeness (QED) is 0.302. The molecule has 4 heteroatoms. The molecule has 3 saturated carbocycles. The lowest BCUT2D eigenvalue weighted by atomic mass is 9.44. The Bertz CT molecular complexity index is 1260. The molecule has 3 aliphatic rings. The normalized spacial score (nSPS) is 23.3. The summed E-state index contributed by atoms with van der Waals surface area (Å²) in [5.41, 5.74) is 5.42. The Labute approximate surface area is 227 Å². The number of rotatable bonds is 8. The van der Waals surface area contributed by atoms with Crippen LogP contribution < -0.4 is 0 Å². The minimum absolute atomic E-state index is 0.257. The minimum Gasteiger partial charge on any atom is -0.465 e. The molecular formula is C34H39NO3. The summed E-state index contributed by atoms with van der Waals surface area (Å²) in [5, 5.41) is 0. The standard InChI is InChI=1S/C34H39NO3/c1-23-30-20-29(34(30,2)3)21-31(23)35(32(36)19-12-24-8-6-5-7-9-24)22-25-10-13-26(14-11-25)27-15-17-28(18-16-27)33(37)38-4/h5-11,13-18,23,29-31H,12,19-22H2,1-4H3/t23-,29+,30-,31-/m0/s1. The third kappa shape index (κ3) is 5.14. The molecule has 1 amide bonds. The van der Waals surface area contributed by atoms with Crippen molar-refractivity contribution in [3.63, 3.8) is 0 Å². The third-order valence-corrected chi connectivity index (χ3v) is 9.45. The first-order valence-corrected chi connectivity index (χ1v) is 13.9. The van der Waals surface area contributed by atoms with E-state index in [1.807, 2.05) is 30.3 Å². The molecule has 4 nitrogen and oxygen atoms in total. The van der Waals surface area contributed by atoms with Crippen LogP contribution in [0.25, 0.3) is 11.1 Å². The third-order valence-electron chi connectivity index (χ3n) is 9.45. The Hall–Kier alpha value is -3.40. The van der Waals surface area contributed by atoms with E-state index in [0.717, 1.165) is 29.5 Å². The van der Waals surface area contributed by atoms with Crippen LogP contribution in [0.1, 0.15) is 61.5 Å². The Kier molecular flexibility index (Phi) is 7.43. The summed E-state index contributed by atoms with van der Waals surface area (Å²) in [6.45, 7) is 7.84. The van der Waals surface area contributed by atoms with Gasteiger partial charge in [0.25, 0.3) is 0 Å². The number of esters is 1. The average molecular weight is 510 g/mol. The topological polar surface area (TPSA) is 46.6 Å². The number of carbonyl (C=O) groups is 2. The largest absolute Gasteiger partial charge is 0.465 e. The van der Waals surface area contributed by atoms with Crippen molar-refractivity contribution < 1.29 is 14.3 Å². The van der Waals surface area contributed by atoms with Gasteiger partial charge in [-0.1, -0.05) is 87.5 Å². The summed E-state index contributed by atoms with van der Waals surface area (Å²) in [4.78, 5) is 27.7. The van der Waals surface area contributed by atoms with Gasteiger partial charge < -0.3 is 9.64 Å². The lowest BCUT2D eigenvalue weighted by Gasteiger charge is -2.63. The second-order valence-electron chi connectivity index (χ2n) is 11.8. The maximum absolute atomic E-state index is 13.7. The summed E-state index contributed by atoms with van der Waals surface area (Å²) < 4.78 is 4.80. The van der Waals surface area contributed by atoms with Gasteiger partial charge in [-0.15, -0.1) is 0 Å². The average Bonchev–Trinajstić information content (AvgIpc) is 2.95. The second-order valence-corrected chi connectivity index (χ2v) is 11.8. The van der Waals surface area contributed by atoms with E-state index in [2.05, 4.69) is 62.1 Å². The highest BCUT2D eigenvalue weighted by Crippen LogP contribution is 2.62. The molecule has 4 atom stereocenters. The van der Waals surface area contributed by atoms with Gasteiger partial charge in [0, 0.05) is 19.0 Å². The van der Waals surface area contributed by atoms with Crippen molar-refractivity contribution in [3.05, 3.63) is 95.6 Å². The number of amides is 1. The summed E-state index contributed by atoms with van der Waals surface area (Å²) in [7, 11) is 1.39. The lowest BCUT2D eigenvalue weighted by molar-refractivity contribution is -0.159. The van der Waals surface area contributed by atoms with Crippen LogP contribution in [-0.2, 0) is 22.5 Å². The zero-order valence-corrected chi connectivity index (χ0v) is 23.0. The fourth-order valence-corrected chi connectivity index (χ4v) is 6.88. The van der Waals surface area contributed by atoms with E-state index < -0.39 is 0 Å². The van der Waals surface area contributed by atoms with Gasteiger partial charge in [0.05, 0.1) is 12.7 Å². The first kappa shape index (κ1) is 26.2. The molecule has 3 aliphatic carbocycles. The smallest absolute Gasteiger partial charge is 0.337 e. The van der Waals surface area contributed by atoms with Crippen LogP contribution in [0, 0.1) is 23.2 Å². The molecular weight excluding hydrogens is 470 g/mol. The molecule has 0 N–H and O–H groups in total. The lowest BCUT2D eigenvalue weighted by Crippen LogP contribution is -2.61. The highest BCUT2D eigenvalue weighted by atomic mass is 16.5. The summed E-state index contributed by atoms with van der Waals surface area (Å²) in [6, 6.07) is 26.6. The number of benzene rings is 3. The summed E-state index contributed by atoms with van der Waals surface area (Å²) >= 11 is 0. The van der Waals surface area contributed by atoms with Crippen LogP contribution in [0.15, 0.2) is 78.9 Å². The van der Waals surface area contributed by atoms with E-state index in [-0.39, 0.29) is 11.9 Å². The molecule has 0 spiro atoms. The molecule has 3 aromatic carbocycles. The first-order valence-electron chi connectivity index (χ1n) is 13.9. The van der Waals surface area contributed by atoms with E-state index in [9.17, 15) is 9.59 Å². The van der Waals surface area contributed by atoms with E-state index in [4.69, 9.17) is 4.74 Å². The van der Waals surface area contributed by atoms with Gasteiger partial charge in [-0.05, 0) is 76.8 Å². The van der Waals surface area contributed by atoms with Gasteiger partial charge in [0.1, 0.15) is 0 Å². The van der Waals surface area contributed by atoms with Crippen molar-refractivity contribution in [3.8, 4) is 11.1 Å². The van der Waals surface area contributed by atoms with Crippen LogP contribution in [0.2, 0.25) is 0 Å². The summed E-state index contributed by atoms with van der Waals surface area (Å²) in [6.07, 6.45) is 3.72. The highest BCUT2D eigenvalue weighted by molar-refractivity contribution is 5.90. The maximum atomic E-state index is 13.7. The Morgan fingerprint density at radius 2 is 1.50 bits per heavy atom. The van der Waals surface area contributed by atoms with Gasteiger partial charge in [-0.3, -0.25) is 4.79 Å². The molecule has 0 heterocycles. The number of methoxy groups -OCH3 is 1. The maximum Gasteiger partial charge on any atom is 0.337 e. The fourth-order valence-electron chi connectivity index (χ4n) is 6.88. The van der Waals surface area contributed by atoms with Gasteiger partial charge in [0.2, 0.25) is 5.91 Å². The van der Waals surface area contributed by atoms with Crippen molar-refractivity contribution in [1.29, 1.82) is 0 Å². The molecule has 0 aliphatic heterocycles. The van der Waals surface area contributed by atoms with E-state index >= 15 is 0 Å². The SMILES string of the molecule is COC(=O)c1ccc(-c2ccc(CN(C(=O)CCc3ccccc3)[C@H]3C[C@H]4C[C@@H]([C@@H]3C)C4(C)C)cc2)cc1. The van der Waals surface area contributed by atoms with Crippen LogP contribution in [0.5, 0.6) is 0 Å². The molecule has 0 saturated heterocycles. The highest BCUT2D eigenvalue weighted by Gasteiger charge is 2.57. The van der Waals surface area contributed by atoms with Crippen LogP contribution >= 0.6 is 0 Å². The predicted molar refractivity (Wildman–Crippen MR) is 151 cm³/mol. The van der Waals surface area contributed by atoms with Crippen LogP contribution in [-0.4, -0.2) is 29.9 Å². The molecule has 0 aromatic heterocycles. The second kappa shape index (κ2) is 10.8. The van der Waals surface area contributed by atoms with Crippen molar-refractivity contribution in [2.45, 2.75) is 59.0 Å².